The molecule has 0 bridgehead atoms. The summed E-state index contributed by atoms with van der Waals surface area (Å²) in [7, 11) is 4.02. The molecule has 0 amide bonds. The average Bonchev–Trinajstić information content (AvgIpc) is 2.05. The third-order valence-electron chi connectivity index (χ3n) is 1.18. The molecule has 0 aromatic carbocycles. The summed E-state index contributed by atoms with van der Waals surface area (Å²) in [4.78, 5) is 14.7. The van der Waals surface area contributed by atoms with E-state index in [4.69, 9.17) is 9.90 Å². The summed E-state index contributed by atoms with van der Waals surface area (Å²) in [5, 5.41) is 7.18. The molecule has 0 aliphatic heterocycles. The Morgan fingerprint density at radius 3 is 2.08 bits per heavy atom. The number of carboxylic acid groups (broad SMARTS) is 1. The zero-order chi connectivity index (χ0) is 10.3. The predicted molar refractivity (Wildman–Crippen MR) is 52.4 cm³/mol. The highest BCUT2D eigenvalue weighted by molar-refractivity contribution is 6.60. The van der Waals surface area contributed by atoms with Crippen molar-refractivity contribution in [2.75, 3.05) is 19.0 Å². The predicted octanol–water partition coefficient (Wildman–Crippen LogP) is 2.05. The van der Waals surface area contributed by atoms with Gasteiger partial charge in [-0.3, -0.25) is 4.98 Å². The van der Waals surface area contributed by atoms with E-state index >= 15 is 0 Å². The molecule has 0 radical (unpaired) electrons. The summed E-state index contributed by atoms with van der Waals surface area (Å²) >= 11 is 4.19. The van der Waals surface area contributed by atoms with Crippen LogP contribution in [-0.2, 0) is 0 Å². The largest absolute Gasteiger partial charge is 0.469 e. The van der Waals surface area contributed by atoms with Crippen molar-refractivity contribution in [1.82, 2.24) is 4.98 Å². The van der Waals surface area contributed by atoms with Crippen LogP contribution in [0.5, 0.6) is 0 Å². The summed E-state index contributed by atoms with van der Waals surface area (Å²) < 4.78 is 0. The molecule has 1 aromatic heterocycles. The van der Waals surface area contributed by atoms with Gasteiger partial charge in [0.2, 0.25) is 0 Å². The molecular weight excluding hydrogens is 192 g/mol. The van der Waals surface area contributed by atoms with Gasteiger partial charge in [0.25, 0.3) is 0 Å². The maximum absolute atomic E-state index is 8.77. The summed E-state index contributed by atoms with van der Waals surface area (Å²) in [5.74, 6) is 0. The second-order valence-corrected chi connectivity index (χ2v) is 2.68. The number of hydrogen-bond donors (Lipinski definition) is 1. The van der Waals surface area contributed by atoms with E-state index < -0.39 is 5.43 Å². The number of nitrogens with zero attached hydrogens (tertiary/aromatic N) is 2. The van der Waals surface area contributed by atoms with Crippen LogP contribution in [0.25, 0.3) is 0 Å². The van der Waals surface area contributed by atoms with Crippen LogP contribution in [-0.4, -0.2) is 29.6 Å². The van der Waals surface area contributed by atoms with Gasteiger partial charge in [0, 0.05) is 43.8 Å². The third kappa shape index (κ3) is 7.08. The van der Waals surface area contributed by atoms with Crippen LogP contribution in [0.15, 0.2) is 24.5 Å². The minimum absolute atomic E-state index is 1.19. The van der Waals surface area contributed by atoms with E-state index in [-0.39, 0.29) is 0 Å². The van der Waals surface area contributed by atoms with Gasteiger partial charge in [0.1, 0.15) is 0 Å². The molecular formula is C8H11ClN2O2. The van der Waals surface area contributed by atoms with Crippen LogP contribution in [0.1, 0.15) is 0 Å². The fraction of sp³-hybridized carbons (Fsp3) is 0.250. The van der Waals surface area contributed by atoms with Gasteiger partial charge in [0.05, 0.1) is 0 Å². The molecule has 1 N–H and O–H groups in total. The van der Waals surface area contributed by atoms with Crippen molar-refractivity contribution in [3.05, 3.63) is 24.5 Å². The van der Waals surface area contributed by atoms with Gasteiger partial charge in [-0.15, -0.1) is 0 Å². The van der Waals surface area contributed by atoms with Crippen molar-refractivity contribution < 1.29 is 9.90 Å². The quantitative estimate of drug-likeness (QED) is 0.709. The molecule has 0 aliphatic carbocycles. The Morgan fingerprint density at radius 2 is 1.85 bits per heavy atom. The first kappa shape index (κ1) is 11.7. The second kappa shape index (κ2) is 6.25. The Hall–Kier alpha value is -1.29. The van der Waals surface area contributed by atoms with Crippen molar-refractivity contribution in [1.29, 1.82) is 0 Å². The lowest BCUT2D eigenvalue weighted by molar-refractivity contribution is 0.220. The van der Waals surface area contributed by atoms with Gasteiger partial charge in [0.15, 0.2) is 0 Å². The first-order valence-electron chi connectivity index (χ1n) is 3.50. The third-order valence-corrected chi connectivity index (χ3v) is 1.18. The maximum atomic E-state index is 8.77. The van der Waals surface area contributed by atoms with Gasteiger partial charge in [-0.2, -0.15) is 0 Å². The van der Waals surface area contributed by atoms with Gasteiger partial charge < -0.3 is 10.0 Å². The number of hydrogen-bond acceptors (Lipinski definition) is 3. The summed E-state index contributed by atoms with van der Waals surface area (Å²) in [6.07, 6.45) is 3.57. The summed E-state index contributed by atoms with van der Waals surface area (Å²) in [5.41, 5.74) is -0.176. The Balaban J connectivity index is 0.000000310. The summed E-state index contributed by atoms with van der Waals surface area (Å²) in [6.45, 7) is 0. The number of anilines is 1. The zero-order valence-electron chi connectivity index (χ0n) is 7.44. The molecule has 1 rings (SSSR count). The molecule has 0 unspecified atom stereocenters. The average molecular weight is 203 g/mol. The van der Waals surface area contributed by atoms with Crippen molar-refractivity contribution in [2.45, 2.75) is 0 Å². The molecule has 0 fully saturated rings. The molecule has 5 heteroatoms. The standard InChI is InChI=1S/C7H10N2.CHClO2/c1-9(2)7-3-5-8-6-4-7;2-1(3)4/h3-6H,1-2H3;(H,3,4). The first-order valence-corrected chi connectivity index (χ1v) is 3.87. The molecule has 0 saturated carbocycles. The van der Waals surface area contributed by atoms with Crippen LogP contribution in [0, 0.1) is 0 Å². The minimum atomic E-state index is -1.36. The second-order valence-electron chi connectivity index (χ2n) is 2.35. The molecule has 0 spiro atoms. The van der Waals surface area contributed by atoms with Crippen LogP contribution in [0.4, 0.5) is 10.5 Å². The van der Waals surface area contributed by atoms with E-state index in [9.17, 15) is 0 Å². The molecule has 0 saturated heterocycles. The molecule has 1 aromatic rings. The number of pyridine rings is 1. The molecule has 0 aliphatic rings. The normalized spacial score (nSPS) is 8.23. The zero-order valence-corrected chi connectivity index (χ0v) is 8.19. The highest BCUT2D eigenvalue weighted by atomic mass is 35.5. The molecule has 1 heterocycles. The molecule has 72 valence electrons. The first-order chi connectivity index (χ1) is 6.04. The van der Waals surface area contributed by atoms with Crippen molar-refractivity contribution >= 4 is 22.7 Å². The van der Waals surface area contributed by atoms with E-state index in [0.29, 0.717) is 0 Å². The highest BCUT2D eigenvalue weighted by Gasteiger charge is 1.88. The van der Waals surface area contributed by atoms with E-state index in [2.05, 4.69) is 16.6 Å². The van der Waals surface area contributed by atoms with E-state index in [1.54, 1.807) is 12.4 Å². The molecule has 4 nitrogen and oxygen atoms in total. The minimum Gasteiger partial charge on any atom is -0.469 e. The lowest BCUT2D eigenvalue weighted by Crippen LogP contribution is -2.07. The van der Waals surface area contributed by atoms with E-state index in [1.165, 1.54) is 5.69 Å². The van der Waals surface area contributed by atoms with Crippen molar-refractivity contribution in [3.63, 3.8) is 0 Å². The molecule has 13 heavy (non-hydrogen) atoms. The van der Waals surface area contributed by atoms with Gasteiger partial charge >= 0.3 is 5.43 Å². The number of carbonyl (C=O) groups is 1. The van der Waals surface area contributed by atoms with Crippen LogP contribution in [0.3, 0.4) is 0 Å². The van der Waals surface area contributed by atoms with Crippen LogP contribution >= 0.6 is 11.6 Å². The van der Waals surface area contributed by atoms with Gasteiger partial charge in [-0.05, 0) is 12.1 Å². The Labute approximate surface area is 81.8 Å². The fourth-order valence-corrected chi connectivity index (χ4v) is 0.642. The lowest BCUT2D eigenvalue weighted by atomic mass is 10.4. The lowest BCUT2D eigenvalue weighted by Gasteiger charge is -2.10. The Bertz CT molecular complexity index is 248. The van der Waals surface area contributed by atoms with E-state index in [1.807, 2.05) is 31.1 Å². The van der Waals surface area contributed by atoms with Gasteiger partial charge in [-0.25, -0.2) is 4.79 Å². The van der Waals surface area contributed by atoms with Crippen molar-refractivity contribution in [2.24, 2.45) is 0 Å². The van der Waals surface area contributed by atoms with Crippen LogP contribution < -0.4 is 4.90 Å². The monoisotopic (exact) mass is 202 g/mol. The SMILES string of the molecule is CN(C)c1ccncc1.O=C(O)Cl. The fourth-order valence-electron chi connectivity index (χ4n) is 0.642. The molecule has 0 atom stereocenters. The van der Waals surface area contributed by atoms with E-state index in [0.717, 1.165) is 0 Å². The number of aromatic nitrogens is 1. The number of rotatable bonds is 1. The van der Waals surface area contributed by atoms with Crippen molar-refractivity contribution in [3.8, 4) is 0 Å². The topological polar surface area (TPSA) is 53.4 Å². The maximum Gasteiger partial charge on any atom is 0.401 e. The highest BCUT2D eigenvalue weighted by Crippen LogP contribution is 2.05. The summed E-state index contributed by atoms with van der Waals surface area (Å²) in [6, 6.07) is 3.94. The Kier molecular flexibility index (Phi) is 5.63. The van der Waals surface area contributed by atoms with Crippen LogP contribution in [0.2, 0.25) is 0 Å². The van der Waals surface area contributed by atoms with Gasteiger partial charge in [-0.1, -0.05) is 0 Å². The Morgan fingerprint density at radius 1 is 1.46 bits per heavy atom. The smallest absolute Gasteiger partial charge is 0.401 e. The number of halogens is 1.